The summed E-state index contributed by atoms with van der Waals surface area (Å²) in [5, 5.41) is 0. The van der Waals surface area contributed by atoms with Crippen LogP contribution in [-0.4, -0.2) is 23.0 Å². The summed E-state index contributed by atoms with van der Waals surface area (Å²) in [7, 11) is 0. The summed E-state index contributed by atoms with van der Waals surface area (Å²) >= 11 is 0. The fourth-order valence-electron chi connectivity index (χ4n) is 2.76. The van der Waals surface area contributed by atoms with Gasteiger partial charge in [-0.3, -0.25) is 4.79 Å². The Balaban J connectivity index is 2.40. The molecule has 0 radical (unpaired) electrons. The number of carbonyl (C=O) groups excluding carboxylic acids is 1. The van der Waals surface area contributed by atoms with Crippen LogP contribution in [0.1, 0.15) is 48.5 Å². The van der Waals surface area contributed by atoms with Crippen molar-refractivity contribution in [1.82, 2.24) is 4.98 Å². The number of ketones is 1. The number of pyridine rings is 1. The first kappa shape index (κ1) is 13.0. The van der Waals surface area contributed by atoms with Gasteiger partial charge in [0.2, 0.25) is 0 Å². The van der Waals surface area contributed by atoms with Crippen LogP contribution in [0.5, 0.6) is 0 Å². The molecular formula is C14H20N2O2. The van der Waals surface area contributed by atoms with Crippen LogP contribution in [0.15, 0.2) is 12.3 Å². The van der Waals surface area contributed by atoms with Crippen molar-refractivity contribution in [2.45, 2.75) is 45.1 Å². The highest BCUT2D eigenvalue weighted by atomic mass is 16.5. The highest BCUT2D eigenvalue weighted by molar-refractivity contribution is 6.07. The summed E-state index contributed by atoms with van der Waals surface area (Å²) in [6, 6.07) is 1.82. The van der Waals surface area contributed by atoms with E-state index >= 15 is 0 Å². The fourth-order valence-corrected chi connectivity index (χ4v) is 2.76. The number of nitrogen functional groups attached to an aromatic ring is 1. The van der Waals surface area contributed by atoms with Crippen LogP contribution in [0.4, 0.5) is 5.82 Å². The first-order valence-corrected chi connectivity index (χ1v) is 6.50. The molecule has 1 saturated carbocycles. The van der Waals surface area contributed by atoms with Crippen LogP contribution in [0, 0.1) is 6.92 Å². The third-order valence-corrected chi connectivity index (χ3v) is 3.66. The van der Waals surface area contributed by atoms with Crippen LogP contribution in [0.2, 0.25) is 0 Å². The van der Waals surface area contributed by atoms with Gasteiger partial charge in [0.1, 0.15) is 11.4 Å². The number of carbonyl (C=O) groups is 1. The number of nitrogens with two attached hydrogens (primary N) is 1. The quantitative estimate of drug-likeness (QED) is 0.831. The second-order valence-electron chi connectivity index (χ2n) is 4.85. The molecule has 2 N–H and O–H groups in total. The molecule has 98 valence electrons. The lowest BCUT2D eigenvalue weighted by molar-refractivity contribution is -0.0163. The molecule has 0 unspecified atom stereocenters. The molecule has 0 spiro atoms. The number of ether oxygens (including phenoxy) is 1. The highest BCUT2D eigenvalue weighted by Crippen LogP contribution is 2.37. The molecule has 1 aromatic rings. The van der Waals surface area contributed by atoms with Crippen LogP contribution < -0.4 is 5.73 Å². The lowest BCUT2D eigenvalue weighted by Gasteiger charge is -2.28. The molecule has 0 bridgehead atoms. The molecule has 0 atom stereocenters. The van der Waals surface area contributed by atoms with Crippen molar-refractivity contribution in [2.75, 3.05) is 12.3 Å². The minimum Gasteiger partial charge on any atom is -0.383 e. The average molecular weight is 248 g/mol. The number of Topliss-reactive ketones (excluding diaryl/α,β-unsaturated/α-hetero) is 1. The molecule has 0 aromatic carbocycles. The highest BCUT2D eigenvalue weighted by Gasteiger charge is 2.43. The molecule has 4 heteroatoms. The van der Waals surface area contributed by atoms with Crippen LogP contribution in [0.3, 0.4) is 0 Å². The molecule has 0 amide bonds. The van der Waals surface area contributed by atoms with Gasteiger partial charge in [0.15, 0.2) is 5.78 Å². The van der Waals surface area contributed by atoms with Gasteiger partial charge in [-0.1, -0.05) is 0 Å². The maximum Gasteiger partial charge on any atom is 0.198 e. The predicted octanol–water partition coefficient (Wildman–Crippen LogP) is 2.50. The van der Waals surface area contributed by atoms with E-state index in [9.17, 15) is 4.79 Å². The maximum atomic E-state index is 12.8. The second-order valence-corrected chi connectivity index (χ2v) is 4.85. The minimum atomic E-state index is -0.670. The molecule has 18 heavy (non-hydrogen) atoms. The molecular weight excluding hydrogens is 228 g/mol. The van der Waals surface area contributed by atoms with E-state index in [1.165, 1.54) is 0 Å². The van der Waals surface area contributed by atoms with Crippen molar-refractivity contribution in [3.63, 3.8) is 0 Å². The van der Waals surface area contributed by atoms with E-state index in [0.29, 0.717) is 18.0 Å². The summed E-state index contributed by atoms with van der Waals surface area (Å²) in [5.74, 6) is 0.316. The third-order valence-electron chi connectivity index (χ3n) is 3.66. The Labute approximate surface area is 108 Å². The predicted molar refractivity (Wildman–Crippen MR) is 70.5 cm³/mol. The standard InChI is InChI=1S/C14H20N2O2/c1-3-18-14(7-4-5-8-14)12(17)11-10(2)6-9-16-13(11)15/h6,9H,3-5,7-8H2,1-2H3,(H2,15,16). The number of hydrogen-bond donors (Lipinski definition) is 1. The summed E-state index contributed by atoms with van der Waals surface area (Å²) < 4.78 is 5.78. The van der Waals surface area contributed by atoms with Crippen molar-refractivity contribution in [2.24, 2.45) is 0 Å². The van der Waals surface area contributed by atoms with Gasteiger partial charge in [0, 0.05) is 12.8 Å². The fraction of sp³-hybridized carbons (Fsp3) is 0.571. The Morgan fingerprint density at radius 2 is 2.17 bits per heavy atom. The van der Waals surface area contributed by atoms with E-state index in [0.717, 1.165) is 31.2 Å². The molecule has 0 saturated heterocycles. The first-order chi connectivity index (χ1) is 8.60. The SMILES string of the molecule is CCOC1(C(=O)c2c(C)ccnc2N)CCCC1. The zero-order valence-corrected chi connectivity index (χ0v) is 11.0. The topological polar surface area (TPSA) is 65.2 Å². The van der Waals surface area contributed by atoms with Gasteiger partial charge in [0.05, 0.1) is 5.56 Å². The van der Waals surface area contributed by atoms with Crippen LogP contribution >= 0.6 is 0 Å². The van der Waals surface area contributed by atoms with E-state index in [4.69, 9.17) is 10.5 Å². The molecule has 0 aliphatic heterocycles. The van der Waals surface area contributed by atoms with E-state index in [-0.39, 0.29) is 5.78 Å². The van der Waals surface area contributed by atoms with Crippen molar-refractivity contribution < 1.29 is 9.53 Å². The summed E-state index contributed by atoms with van der Waals surface area (Å²) in [6.45, 7) is 4.36. The number of rotatable bonds is 4. The molecule has 1 fully saturated rings. The van der Waals surface area contributed by atoms with E-state index in [1.54, 1.807) is 6.20 Å². The van der Waals surface area contributed by atoms with Crippen molar-refractivity contribution in [3.8, 4) is 0 Å². The Morgan fingerprint density at radius 3 is 2.72 bits per heavy atom. The third kappa shape index (κ3) is 2.12. The van der Waals surface area contributed by atoms with Gasteiger partial charge in [-0.15, -0.1) is 0 Å². The van der Waals surface area contributed by atoms with Crippen LogP contribution in [0.25, 0.3) is 0 Å². The van der Waals surface area contributed by atoms with E-state index in [2.05, 4.69) is 4.98 Å². The Bertz CT molecular complexity index is 431. The van der Waals surface area contributed by atoms with Gasteiger partial charge in [-0.2, -0.15) is 0 Å². The number of anilines is 1. The van der Waals surface area contributed by atoms with E-state index in [1.807, 2.05) is 19.9 Å². The van der Waals surface area contributed by atoms with Crippen molar-refractivity contribution in [3.05, 3.63) is 23.4 Å². The zero-order valence-electron chi connectivity index (χ0n) is 11.0. The number of aromatic nitrogens is 1. The summed E-state index contributed by atoms with van der Waals surface area (Å²) in [4.78, 5) is 16.8. The van der Waals surface area contributed by atoms with Gasteiger partial charge in [-0.25, -0.2) is 4.98 Å². The molecule has 2 rings (SSSR count). The summed E-state index contributed by atoms with van der Waals surface area (Å²) in [5.41, 5.74) is 6.60. The zero-order chi connectivity index (χ0) is 13.2. The monoisotopic (exact) mass is 248 g/mol. The molecule has 4 nitrogen and oxygen atoms in total. The lowest BCUT2D eigenvalue weighted by Crippen LogP contribution is -2.39. The van der Waals surface area contributed by atoms with Crippen molar-refractivity contribution in [1.29, 1.82) is 0 Å². The normalized spacial score (nSPS) is 17.9. The van der Waals surface area contributed by atoms with Gasteiger partial charge in [0.25, 0.3) is 0 Å². The Kier molecular flexibility index (Phi) is 3.66. The second kappa shape index (κ2) is 5.06. The van der Waals surface area contributed by atoms with Gasteiger partial charge < -0.3 is 10.5 Å². The van der Waals surface area contributed by atoms with Crippen LogP contribution in [-0.2, 0) is 4.74 Å². The minimum absolute atomic E-state index is 0.00458. The number of aryl methyl sites for hydroxylation is 1. The number of nitrogens with zero attached hydrogens (tertiary/aromatic N) is 1. The Hall–Kier alpha value is -1.42. The van der Waals surface area contributed by atoms with Gasteiger partial charge in [-0.05, 0) is 51.2 Å². The summed E-state index contributed by atoms with van der Waals surface area (Å²) in [6.07, 6.45) is 5.26. The lowest BCUT2D eigenvalue weighted by atomic mass is 9.89. The Morgan fingerprint density at radius 1 is 1.50 bits per heavy atom. The first-order valence-electron chi connectivity index (χ1n) is 6.50. The van der Waals surface area contributed by atoms with E-state index < -0.39 is 5.60 Å². The number of hydrogen-bond acceptors (Lipinski definition) is 4. The maximum absolute atomic E-state index is 12.8. The molecule has 1 aliphatic carbocycles. The molecule has 1 aromatic heterocycles. The molecule has 1 aliphatic rings. The van der Waals surface area contributed by atoms with Gasteiger partial charge >= 0.3 is 0 Å². The smallest absolute Gasteiger partial charge is 0.198 e. The largest absolute Gasteiger partial charge is 0.383 e. The molecule has 1 heterocycles. The average Bonchev–Trinajstić information content (AvgIpc) is 2.79. The van der Waals surface area contributed by atoms with Crippen molar-refractivity contribution >= 4 is 11.6 Å².